The summed E-state index contributed by atoms with van der Waals surface area (Å²) < 4.78 is 37.2. The van der Waals surface area contributed by atoms with Gasteiger partial charge in [0, 0.05) is 73.1 Å². The monoisotopic (exact) mass is 660 g/mol. The van der Waals surface area contributed by atoms with Gasteiger partial charge in [-0.15, -0.1) is 0 Å². The Balaban J connectivity index is 1.32. The lowest BCUT2D eigenvalue weighted by atomic mass is 10.0. The lowest BCUT2D eigenvalue weighted by Crippen LogP contribution is -2.51. The second-order valence-corrected chi connectivity index (χ2v) is 12.7. The zero-order valence-corrected chi connectivity index (χ0v) is 26.5. The predicted molar refractivity (Wildman–Crippen MR) is 170 cm³/mol. The molecule has 0 saturated carbocycles. The fraction of sp³-hybridized carbons (Fsp3) is 0.400. The minimum atomic E-state index is -2.00. The zero-order chi connectivity index (χ0) is 32.2. The summed E-state index contributed by atoms with van der Waals surface area (Å²) in [7, 11) is 0.969. The second-order valence-electron chi connectivity index (χ2n) is 10.8. The number of ether oxygens (including phenoxy) is 1. The molecule has 1 fully saturated rings. The average molecular weight is 661 g/mol. The molecule has 2 aliphatic heterocycles. The quantitative estimate of drug-likeness (QED) is 0.357. The van der Waals surface area contributed by atoms with Crippen LogP contribution in [0.4, 0.5) is 14.9 Å². The van der Waals surface area contributed by atoms with Gasteiger partial charge in [-0.3, -0.25) is 22.9 Å². The third-order valence-corrected chi connectivity index (χ3v) is 9.63. The van der Waals surface area contributed by atoms with Gasteiger partial charge in [-0.25, -0.2) is 18.3 Å². The number of fused-ring (bicyclic) bond motifs is 1. The van der Waals surface area contributed by atoms with Gasteiger partial charge >= 0.3 is 11.7 Å². The summed E-state index contributed by atoms with van der Waals surface area (Å²) in [5.74, 6) is -0.445. The number of carbonyl (C=O) groups excluding carboxylic acids is 2. The van der Waals surface area contributed by atoms with E-state index in [2.05, 4.69) is 9.68 Å². The molecule has 2 aliphatic rings. The van der Waals surface area contributed by atoms with E-state index in [-0.39, 0.29) is 53.0 Å². The lowest BCUT2D eigenvalue weighted by molar-refractivity contribution is -0.133. The van der Waals surface area contributed by atoms with Gasteiger partial charge in [-0.2, -0.15) is 0 Å². The molecular weight excluding hydrogens is 627 g/mol. The molecule has 2 aromatic carbocycles. The van der Waals surface area contributed by atoms with Crippen LogP contribution in [0.2, 0.25) is 5.02 Å². The van der Waals surface area contributed by atoms with Crippen molar-refractivity contribution in [3.63, 3.8) is 0 Å². The number of urea groups is 1. The number of benzene rings is 2. The van der Waals surface area contributed by atoms with Crippen LogP contribution < -0.4 is 21.3 Å². The molecule has 5 rings (SSSR count). The van der Waals surface area contributed by atoms with E-state index in [4.69, 9.17) is 16.3 Å². The molecule has 15 heteroatoms. The van der Waals surface area contributed by atoms with Crippen LogP contribution in [0.25, 0.3) is 11.1 Å². The number of likely N-dealkylation sites (tertiary alicyclic amines) is 1. The Kier molecular flexibility index (Phi) is 9.93. The number of anilines is 1. The summed E-state index contributed by atoms with van der Waals surface area (Å²) in [5.41, 5.74) is 0.222. The molecule has 1 N–H and O–H groups in total. The highest BCUT2D eigenvalue weighted by Crippen LogP contribution is 2.29. The van der Waals surface area contributed by atoms with Crippen molar-refractivity contribution >= 4 is 39.8 Å². The van der Waals surface area contributed by atoms with Crippen LogP contribution in [0.15, 0.2) is 56.5 Å². The first-order chi connectivity index (χ1) is 21.6. The Bertz CT molecular complexity index is 1830. The molecule has 0 bridgehead atoms. The highest BCUT2D eigenvalue weighted by atomic mass is 35.5. The molecule has 0 aliphatic carbocycles. The smallest absolute Gasteiger partial charge is 0.331 e. The summed E-state index contributed by atoms with van der Waals surface area (Å²) >= 11 is 6.17. The first-order valence-corrected chi connectivity index (χ1v) is 16.2. The number of piperidine rings is 1. The first-order valence-electron chi connectivity index (χ1n) is 14.5. The Labute approximate surface area is 265 Å². The minimum Gasteiger partial charge on any atom is -0.497 e. The van der Waals surface area contributed by atoms with E-state index in [1.165, 1.54) is 25.4 Å². The van der Waals surface area contributed by atoms with Crippen molar-refractivity contribution in [1.82, 2.24) is 18.9 Å². The third-order valence-electron chi connectivity index (χ3n) is 8.22. The van der Waals surface area contributed by atoms with Crippen molar-refractivity contribution in [1.29, 1.82) is 0 Å². The van der Waals surface area contributed by atoms with Crippen LogP contribution >= 0.6 is 11.6 Å². The molecule has 1 atom stereocenters. The normalized spacial score (nSPS) is 16.2. The number of carbonyl (C=O) groups is 2. The molecule has 45 heavy (non-hydrogen) atoms. The molecular formula is C30H34ClFN6O6S. The number of methoxy groups -OCH3 is 1. The summed E-state index contributed by atoms with van der Waals surface area (Å²) in [6.45, 7) is 0.658. The van der Waals surface area contributed by atoms with Crippen molar-refractivity contribution in [2.24, 2.45) is 4.36 Å². The summed E-state index contributed by atoms with van der Waals surface area (Å²) in [5, 5.41) is 2.68. The molecule has 1 unspecified atom stereocenters. The Morgan fingerprint density at radius 2 is 1.89 bits per heavy atom. The van der Waals surface area contributed by atoms with Crippen LogP contribution in [-0.2, 0) is 34.9 Å². The van der Waals surface area contributed by atoms with Crippen LogP contribution in [0.1, 0.15) is 18.4 Å². The number of rotatable bonds is 8. The Morgan fingerprint density at radius 3 is 2.60 bits per heavy atom. The lowest BCUT2D eigenvalue weighted by Gasteiger charge is -2.38. The van der Waals surface area contributed by atoms with Crippen molar-refractivity contribution in [3.05, 3.63) is 79.8 Å². The second kappa shape index (κ2) is 13.9. The van der Waals surface area contributed by atoms with Gasteiger partial charge in [0.15, 0.2) is 0 Å². The molecule has 0 spiro atoms. The number of hydrogen-bond acceptors (Lipinski definition) is 7. The summed E-state index contributed by atoms with van der Waals surface area (Å²) in [6.07, 6.45) is 2.96. The van der Waals surface area contributed by atoms with E-state index < -0.39 is 27.7 Å². The van der Waals surface area contributed by atoms with E-state index in [1.54, 1.807) is 23.0 Å². The number of nitrogens with one attached hydrogen (secondary N) is 1. The standard InChI is InChI=1S/C30H34ClFN6O6S/c1-33-45(43)15-14-38-28(40)23(22-4-3-5-24(32)27(22)31)17-36(30(38)42)18-26(39)35-11-9-20(10-12-35)37-13-8-19-16-21(44-2)6-7-25(19)34-29(37)41/h3-7,16-17,20,45H,8-15,18H2,1-2H3,(H,34,41). The van der Waals surface area contributed by atoms with Gasteiger partial charge < -0.3 is 19.9 Å². The number of nitrogens with zero attached hydrogens (tertiary/aromatic N) is 5. The van der Waals surface area contributed by atoms with Crippen molar-refractivity contribution in [2.75, 3.05) is 44.9 Å². The van der Waals surface area contributed by atoms with Crippen LogP contribution in [0.3, 0.4) is 0 Å². The third kappa shape index (κ3) is 6.91. The van der Waals surface area contributed by atoms with E-state index in [9.17, 15) is 27.8 Å². The van der Waals surface area contributed by atoms with Crippen molar-refractivity contribution in [3.8, 4) is 16.9 Å². The maximum Gasteiger partial charge on any atom is 0.331 e. The average Bonchev–Trinajstić information content (AvgIpc) is 3.21. The Hall–Kier alpha value is -4.17. The van der Waals surface area contributed by atoms with E-state index in [0.717, 1.165) is 32.2 Å². The Morgan fingerprint density at radius 1 is 1.13 bits per heavy atom. The number of hydrogen-bond donors (Lipinski definition) is 2. The number of halogens is 2. The minimum absolute atomic E-state index is 0.0640. The molecule has 240 valence electrons. The number of amides is 3. The van der Waals surface area contributed by atoms with Gasteiger partial charge in [-0.1, -0.05) is 23.7 Å². The highest BCUT2D eigenvalue weighted by molar-refractivity contribution is 7.74. The van der Waals surface area contributed by atoms with E-state index in [1.807, 2.05) is 12.1 Å². The van der Waals surface area contributed by atoms with E-state index in [0.29, 0.717) is 38.9 Å². The van der Waals surface area contributed by atoms with Crippen LogP contribution in [-0.4, -0.2) is 80.7 Å². The first kappa shape index (κ1) is 32.2. The predicted octanol–water partition coefficient (Wildman–Crippen LogP) is 2.85. The maximum absolute atomic E-state index is 14.3. The van der Waals surface area contributed by atoms with Crippen molar-refractivity contribution < 1.29 is 22.9 Å². The van der Waals surface area contributed by atoms with Crippen LogP contribution in [0.5, 0.6) is 5.75 Å². The highest BCUT2D eigenvalue weighted by Gasteiger charge is 2.32. The van der Waals surface area contributed by atoms with Crippen LogP contribution in [0, 0.1) is 5.82 Å². The van der Waals surface area contributed by atoms with Gasteiger partial charge in [-0.05, 0) is 49.1 Å². The van der Waals surface area contributed by atoms with Gasteiger partial charge in [0.05, 0.1) is 17.7 Å². The molecule has 12 nitrogen and oxygen atoms in total. The van der Waals surface area contributed by atoms with Gasteiger partial charge in [0.25, 0.3) is 5.56 Å². The summed E-state index contributed by atoms with van der Waals surface area (Å²) in [6, 6.07) is 9.25. The SMILES string of the molecule is C/N=[SH](=O)/CCn1c(=O)c(-c2cccc(F)c2Cl)cn(CC(=O)N2CCC(N3CCc4cc(OC)ccc4NC3=O)CC2)c1=O. The molecule has 1 aromatic heterocycles. The molecule has 3 heterocycles. The number of thiol groups is 1. The van der Waals surface area contributed by atoms with Crippen molar-refractivity contribution in [2.45, 2.75) is 38.4 Å². The summed E-state index contributed by atoms with van der Waals surface area (Å²) in [4.78, 5) is 56.6. The molecule has 3 aromatic rings. The largest absolute Gasteiger partial charge is 0.497 e. The topological polar surface area (TPSA) is 135 Å². The number of aromatic nitrogens is 2. The molecule has 3 amide bonds. The zero-order valence-electron chi connectivity index (χ0n) is 24.9. The maximum atomic E-state index is 14.3. The molecule has 0 radical (unpaired) electrons. The van der Waals surface area contributed by atoms with Gasteiger partial charge in [0.2, 0.25) is 5.91 Å². The fourth-order valence-electron chi connectivity index (χ4n) is 5.72. The molecule has 1 saturated heterocycles. The van der Waals surface area contributed by atoms with E-state index >= 15 is 0 Å². The fourth-order valence-corrected chi connectivity index (χ4v) is 6.52. The van der Waals surface area contributed by atoms with Gasteiger partial charge in [0.1, 0.15) is 18.1 Å².